The van der Waals surface area contributed by atoms with Gasteiger partial charge >= 0.3 is 17.9 Å². The number of aliphatic carboxylic acids is 1. The van der Waals surface area contributed by atoms with Gasteiger partial charge in [0.1, 0.15) is 6.61 Å². The number of carboxylic acid groups (broad SMARTS) is 1. The molecule has 0 aromatic carbocycles. The number of carboxylic acids is 1. The molecule has 8 heteroatoms. The van der Waals surface area contributed by atoms with Crippen LogP contribution in [0, 0.1) is 0 Å². The zero-order valence-corrected chi connectivity index (χ0v) is 31.0. The zero-order chi connectivity index (χ0) is 35.0. The number of hydrogen-bond donors (Lipinski definition) is 1. The highest BCUT2D eigenvalue weighted by molar-refractivity contribution is 5.72. The Morgan fingerprint density at radius 1 is 0.638 bits per heavy atom. The second-order valence-electron chi connectivity index (χ2n) is 13.8. The largest absolute Gasteiger partial charge is 0.477 e. The van der Waals surface area contributed by atoms with E-state index in [0.717, 1.165) is 51.4 Å². The van der Waals surface area contributed by atoms with Crippen molar-refractivity contribution >= 4 is 17.9 Å². The van der Waals surface area contributed by atoms with Gasteiger partial charge in [0.05, 0.1) is 34.4 Å². The van der Waals surface area contributed by atoms with E-state index in [-0.39, 0.29) is 36.2 Å². The minimum atomic E-state index is -0.878. The van der Waals surface area contributed by atoms with Crippen molar-refractivity contribution in [3.05, 3.63) is 24.3 Å². The molecule has 8 nitrogen and oxygen atoms in total. The van der Waals surface area contributed by atoms with Crippen molar-refractivity contribution in [3.8, 4) is 0 Å². The fourth-order valence-corrected chi connectivity index (χ4v) is 5.35. The minimum absolute atomic E-state index is 0.0527. The van der Waals surface area contributed by atoms with Gasteiger partial charge in [-0.1, -0.05) is 115 Å². The molecule has 0 spiro atoms. The Hall–Kier alpha value is -2.19. The first-order chi connectivity index (χ1) is 22.6. The molecule has 0 aliphatic heterocycles. The average molecular weight is 667 g/mol. The minimum Gasteiger partial charge on any atom is -0.477 e. The second-order valence-corrected chi connectivity index (χ2v) is 13.8. The summed E-state index contributed by atoms with van der Waals surface area (Å²) in [5.74, 6) is -1.49. The summed E-state index contributed by atoms with van der Waals surface area (Å²) in [4.78, 5) is 36.4. The van der Waals surface area contributed by atoms with Crippen LogP contribution in [0.4, 0.5) is 0 Å². The molecule has 0 aliphatic rings. The van der Waals surface area contributed by atoms with E-state index in [4.69, 9.17) is 14.2 Å². The number of allylic oxidation sites excluding steroid dienone is 4. The number of carbonyl (C=O) groups excluding carboxylic acids is 2. The van der Waals surface area contributed by atoms with Crippen molar-refractivity contribution in [2.24, 2.45) is 0 Å². The van der Waals surface area contributed by atoms with E-state index in [0.29, 0.717) is 19.3 Å². The van der Waals surface area contributed by atoms with Gasteiger partial charge in [-0.3, -0.25) is 9.59 Å². The molecule has 0 amide bonds. The molecular formula is C39H72NO7+. The maximum Gasteiger partial charge on any atom is 0.362 e. The van der Waals surface area contributed by atoms with Crippen molar-refractivity contribution in [2.45, 2.75) is 167 Å². The summed E-state index contributed by atoms with van der Waals surface area (Å²) in [6, 6.07) is -0.609. The Balaban J connectivity index is 4.19. The number of carbonyl (C=O) groups is 3. The summed E-state index contributed by atoms with van der Waals surface area (Å²) in [5, 5.41) is 9.54. The molecule has 274 valence electrons. The molecule has 0 radical (unpaired) electrons. The van der Waals surface area contributed by atoms with Crippen LogP contribution in [-0.4, -0.2) is 80.6 Å². The third-order valence-electron chi connectivity index (χ3n) is 8.35. The molecule has 0 saturated heterocycles. The standard InChI is InChI=1S/C39H71NO7/c1-6-8-10-12-13-14-15-16-17-18-19-20-21-22-23-24-25-26-28-30-38(42)47-35(34-46-37(41)29-27-11-9-7-2)33-45-32-31-36(39(43)44)40(3,4)5/h13-14,16-17,35-36H,6-12,15,18-34H2,1-5H3/p+1/b14-13-,17-16-. The molecule has 0 aliphatic carbocycles. The van der Waals surface area contributed by atoms with Crippen LogP contribution in [0.2, 0.25) is 0 Å². The van der Waals surface area contributed by atoms with Crippen LogP contribution in [0.3, 0.4) is 0 Å². The SMILES string of the molecule is CCCCC/C=C\C/C=C\CCCCCCCCCCCC(=O)OC(COCCC(C(=O)O)[N+](C)(C)C)COC(=O)CCCCCC. The van der Waals surface area contributed by atoms with Gasteiger partial charge < -0.3 is 23.8 Å². The normalized spacial score (nSPS) is 13.3. The lowest BCUT2D eigenvalue weighted by Gasteiger charge is -2.31. The number of ether oxygens (including phenoxy) is 3. The van der Waals surface area contributed by atoms with E-state index in [1.54, 1.807) is 0 Å². The zero-order valence-electron chi connectivity index (χ0n) is 31.0. The van der Waals surface area contributed by atoms with E-state index in [1.165, 1.54) is 70.6 Å². The molecular weight excluding hydrogens is 594 g/mol. The lowest BCUT2D eigenvalue weighted by atomic mass is 10.1. The van der Waals surface area contributed by atoms with Crippen LogP contribution in [0.25, 0.3) is 0 Å². The van der Waals surface area contributed by atoms with Crippen LogP contribution in [0.1, 0.15) is 155 Å². The predicted molar refractivity (Wildman–Crippen MR) is 192 cm³/mol. The highest BCUT2D eigenvalue weighted by Gasteiger charge is 2.31. The summed E-state index contributed by atoms with van der Waals surface area (Å²) >= 11 is 0. The van der Waals surface area contributed by atoms with Gasteiger partial charge in [0.2, 0.25) is 0 Å². The predicted octanol–water partition coefficient (Wildman–Crippen LogP) is 9.35. The first-order valence-electron chi connectivity index (χ1n) is 18.9. The number of quaternary nitrogens is 1. The maximum atomic E-state index is 12.6. The molecule has 0 bridgehead atoms. The molecule has 2 atom stereocenters. The Labute approximate surface area is 288 Å². The third kappa shape index (κ3) is 29.7. The van der Waals surface area contributed by atoms with Gasteiger partial charge in [-0.2, -0.15) is 0 Å². The van der Waals surface area contributed by atoms with Gasteiger partial charge in [-0.05, 0) is 44.9 Å². The van der Waals surface area contributed by atoms with Crippen LogP contribution >= 0.6 is 0 Å². The molecule has 1 N–H and O–H groups in total. The van der Waals surface area contributed by atoms with E-state index in [2.05, 4.69) is 38.2 Å². The van der Waals surface area contributed by atoms with Gasteiger partial charge in [-0.25, -0.2) is 4.79 Å². The summed E-state index contributed by atoms with van der Waals surface area (Å²) in [5.41, 5.74) is 0. The molecule has 0 aromatic heterocycles. The molecule has 0 rings (SSSR count). The quantitative estimate of drug-likeness (QED) is 0.0322. The topological polar surface area (TPSA) is 99.1 Å². The van der Waals surface area contributed by atoms with Crippen LogP contribution in [-0.2, 0) is 28.6 Å². The lowest BCUT2D eigenvalue weighted by Crippen LogP contribution is -2.50. The Morgan fingerprint density at radius 2 is 1.13 bits per heavy atom. The summed E-state index contributed by atoms with van der Waals surface area (Å²) < 4.78 is 17.0. The second kappa shape index (κ2) is 31.1. The third-order valence-corrected chi connectivity index (χ3v) is 8.35. The Morgan fingerprint density at radius 3 is 1.68 bits per heavy atom. The highest BCUT2D eigenvalue weighted by atomic mass is 16.6. The summed E-state index contributed by atoms with van der Waals surface area (Å²) in [7, 11) is 5.50. The molecule has 0 saturated carbocycles. The van der Waals surface area contributed by atoms with E-state index >= 15 is 0 Å². The number of nitrogens with zero attached hydrogens (tertiary/aromatic N) is 1. The molecule has 0 heterocycles. The number of hydrogen-bond acceptors (Lipinski definition) is 6. The molecule has 0 fully saturated rings. The molecule has 2 unspecified atom stereocenters. The lowest BCUT2D eigenvalue weighted by molar-refractivity contribution is -0.887. The fraction of sp³-hybridized carbons (Fsp3) is 0.821. The average Bonchev–Trinajstić information content (AvgIpc) is 3.02. The van der Waals surface area contributed by atoms with Gasteiger partial charge in [-0.15, -0.1) is 0 Å². The van der Waals surface area contributed by atoms with Gasteiger partial charge in [0, 0.05) is 19.3 Å². The first kappa shape index (κ1) is 44.8. The molecule has 0 aromatic rings. The van der Waals surface area contributed by atoms with Crippen molar-refractivity contribution in [1.29, 1.82) is 0 Å². The number of esters is 2. The van der Waals surface area contributed by atoms with Crippen molar-refractivity contribution < 1.29 is 38.2 Å². The van der Waals surface area contributed by atoms with Crippen LogP contribution < -0.4 is 0 Å². The van der Waals surface area contributed by atoms with Crippen molar-refractivity contribution in [1.82, 2.24) is 0 Å². The van der Waals surface area contributed by atoms with E-state index < -0.39 is 18.1 Å². The fourth-order valence-electron chi connectivity index (χ4n) is 5.35. The maximum absolute atomic E-state index is 12.6. The number of unbranched alkanes of at least 4 members (excludes halogenated alkanes) is 15. The Kier molecular flexibility index (Phi) is 29.7. The summed E-state index contributed by atoms with van der Waals surface area (Å²) in [6.07, 6.45) is 31.2. The van der Waals surface area contributed by atoms with Gasteiger partial charge in [0.25, 0.3) is 0 Å². The molecule has 47 heavy (non-hydrogen) atoms. The number of rotatable bonds is 33. The van der Waals surface area contributed by atoms with Crippen molar-refractivity contribution in [2.75, 3.05) is 41.0 Å². The van der Waals surface area contributed by atoms with Gasteiger partial charge in [0.15, 0.2) is 12.1 Å². The van der Waals surface area contributed by atoms with E-state index in [1.807, 2.05) is 21.1 Å². The van der Waals surface area contributed by atoms with Crippen molar-refractivity contribution in [3.63, 3.8) is 0 Å². The van der Waals surface area contributed by atoms with Crippen LogP contribution in [0.5, 0.6) is 0 Å². The Bertz CT molecular complexity index is 834. The highest BCUT2D eigenvalue weighted by Crippen LogP contribution is 2.13. The number of likely N-dealkylation sites (N-methyl/N-ethyl adjacent to an activating group) is 1. The van der Waals surface area contributed by atoms with E-state index in [9.17, 15) is 19.5 Å². The smallest absolute Gasteiger partial charge is 0.362 e. The monoisotopic (exact) mass is 667 g/mol. The van der Waals surface area contributed by atoms with Crippen LogP contribution in [0.15, 0.2) is 24.3 Å². The summed E-state index contributed by atoms with van der Waals surface area (Å²) in [6.45, 7) is 4.58. The first-order valence-corrected chi connectivity index (χ1v) is 18.9.